The van der Waals surface area contributed by atoms with E-state index >= 15 is 0 Å². The number of hydrogen-bond donors (Lipinski definition) is 1. The number of rotatable bonds is 8. The first kappa shape index (κ1) is 14.9. The Morgan fingerprint density at radius 1 is 1.39 bits per heavy atom. The van der Waals surface area contributed by atoms with Gasteiger partial charge in [-0.1, -0.05) is 12.1 Å². The number of carbonyl (C=O) groups excluding carboxylic acids is 1. The molecule has 100 valence electrons. The lowest BCUT2D eigenvalue weighted by Crippen LogP contribution is -2.16. The Kier molecular flexibility index (Phi) is 7.29. The zero-order valence-electron chi connectivity index (χ0n) is 10.8. The molecule has 5 heteroatoms. The minimum Gasteiger partial charge on any atom is -0.464 e. The molecule has 0 saturated heterocycles. The fourth-order valence-electron chi connectivity index (χ4n) is 1.41. The molecule has 1 N–H and O–H groups in total. The number of benzene rings is 1. The van der Waals surface area contributed by atoms with Crippen LogP contribution < -0.4 is 5.32 Å². The summed E-state index contributed by atoms with van der Waals surface area (Å²) in [6.07, 6.45) is 2.04. The van der Waals surface area contributed by atoms with E-state index in [1.807, 2.05) is 24.5 Å². The molecule has 0 fully saturated rings. The number of anilines is 1. The Hall–Kier alpha value is -1.20. The van der Waals surface area contributed by atoms with Crippen LogP contribution in [-0.4, -0.2) is 38.6 Å². The molecule has 0 saturated carbocycles. The van der Waals surface area contributed by atoms with Gasteiger partial charge in [0, 0.05) is 17.1 Å². The van der Waals surface area contributed by atoms with Crippen LogP contribution in [0.25, 0.3) is 0 Å². The molecule has 0 aliphatic heterocycles. The average Bonchev–Trinajstić information content (AvgIpc) is 2.39. The van der Waals surface area contributed by atoms with Gasteiger partial charge in [0.15, 0.2) is 0 Å². The van der Waals surface area contributed by atoms with Crippen molar-refractivity contribution in [3.63, 3.8) is 0 Å². The van der Waals surface area contributed by atoms with Gasteiger partial charge in [-0.15, -0.1) is 11.8 Å². The molecular weight excluding hydrogens is 250 g/mol. The van der Waals surface area contributed by atoms with E-state index in [4.69, 9.17) is 9.47 Å². The third-order valence-corrected chi connectivity index (χ3v) is 2.99. The van der Waals surface area contributed by atoms with Gasteiger partial charge in [-0.3, -0.25) is 0 Å². The first-order valence-corrected chi connectivity index (χ1v) is 7.10. The molecule has 18 heavy (non-hydrogen) atoms. The minimum atomic E-state index is -0.318. The lowest BCUT2D eigenvalue weighted by molar-refractivity contribution is -0.148. The largest absolute Gasteiger partial charge is 0.464 e. The zero-order valence-corrected chi connectivity index (χ0v) is 11.6. The monoisotopic (exact) mass is 269 g/mol. The van der Waals surface area contributed by atoms with Gasteiger partial charge in [0.1, 0.15) is 6.61 Å². The number of carbonyl (C=O) groups is 1. The van der Waals surface area contributed by atoms with Crippen LogP contribution >= 0.6 is 11.8 Å². The summed E-state index contributed by atoms with van der Waals surface area (Å²) in [5.41, 5.74) is 1.09. The van der Waals surface area contributed by atoms with Gasteiger partial charge in [0.25, 0.3) is 0 Å². The predicted octanol–water partition coefficient (Wildman–Crippen LogP) is 2.40. The minimum absolute atomic E-state index is 0.0136. The third kappa shape index (κ3) is 5.42. The smallest absolute Gasteiger partial charge is 0.332 e. The summed E-state index contributed by atoms with van der Waals surface area (Å²) in [4.78, 5) is 12.2. The normalized spacial score (nSPS) is 10.1. The summed E-state index contributed by atoms with van der Waals surface area (Å²) < 4.78 is 9.95. The maximum atomic E-state index is 11.0. The van der Waals surface area contributed by atoms with Gasteiger partial charge in [-0.25, -0.2) is 4.79 Å². The van der Waals surface area contributed by atoms with E-state index in [1.165, 1.54) is 4.90 Å². The van der Waals surface area contributed by atoms with Gasteiger partial charge in [-0.2, -0.15) is 0 Å². The number of thioether (sulfide) groups is 1. The summed E-state index contributed by atoms with van der Waals surface area (Å²) in [5, 5.41) is 3.27. The summed E-state index contributed by atoms with van der Waals surface area (Å²) >= 11 is 1.69. The number of esters is 1. The van der Waals surface area contributed by atoms with Crippen molar-refractivity contribution < 1.29 is 14.3 Å². The first-order valence-electron chi connectivity index (χ1n) is 5.88. The Morgan fingerprint density at radius 2 is 2.17 bits per heavy atom. The Balaban J connectivity index is 2.19. The van der Waals surface area contributed by atoms with E-state index < -0.39 is 0 Å². The Bertz CT molecular complexity index is 371. The van der Waals surface area contributed by atoms with Crippen molar-refractivity contribution in [3.05, 3.63) is 24.3 Å². The van der Waals surface area contributed by atoms with Gasteiger partial charge in [0.05, 0.1) is 13.2 Å². The SMILES string of the molecule is CCOC(=O)COCCNc1ccccc1SC. The van der Waals surface area contributed by atoms with E-state index in [0.717, 1.165) is 5.69 Å². The molecular formula is C13H19NO3S. The van der Waals surface area contributed by atoms with E-state index in [9.17, 15) is 4.79 Å². The van der Waals surface area contributed by atoms with Crippen LogP contribution in [0.2, 0.25) is 0 Å². The van der Waals surface area contributed by atoms with Gasteiger partial charge < -0.3 is 14.8 Å². The van der Waals surface area contributed by atoms with Crippen molar-refractivity contribution in [2.45, 2.75) is 11.8 Å². The molecule has 0 atom stereocenters. The van der Waals surface area contributed by atoms with Crippen LogP contribution in [0.3, 0.4) is 0 Å². The topological polar surface area (TPSA) is 47.6 Å². The van der Waals surface area contributed by atoms with Crippen molar-refractivity contribution in [1.82, 2.24) is 0 Å². The lowest BCUT2D eigenvalue weighted by Gasteiger charge is -2.10. The van der Waals surface area contributed by atoms with Gasteiger partial charge in [0.2, 0.25) is 0 Å². The molecule has 0 bridgehead atoms. The highest BCUT2D eigenvalue weighted by atomic mass is 32.2. The van der Waals surface area contributed by atoms with E-state index in [0.29, 0.717) is 19.8 Å². The highest BCUT2D eigenvalue weighted by Gasteiger charge is 2.01. The molecule has 0 heterocycles. The molecule has 0 radical (unpaired) electrons. The number of ether oxygens (including phenoxy) is 2. The van der Waals surface area contributed by atoms with Crippen molar-refractivity contribution in [2.24, 2.45) is 0 Å². The standard InChI is InChI=1S/C13H19NO3S/c1-3-17-13(15)10-16-9-8-14-11-6-4-5-7-12(11)18-2/h4-7,14H,3,8-10H2,1-2H3. The van der Waals surface area contributed by atoms with E-state index in [1.54, 1.807) is 18.7 Å². The maximum absolute atomic E-state index is 11.0. The van der Waals surface area contributed by atoms with E-state index in [-0.39, 0.29) is 12.6 Å². The fraction of sp³-hybridized carbons (Fsp3) is 0.462. The predicted molar refractivity (Wildman–Crippen MR) is 74.2 cm³/mol. The first-order chi connectivity index (χ1) is 8.77. The highest BCUT2D eigenvalue weighted by Crippen LogP contribution is 2.24. The van der Waals surface area contributed by atoms with Crippen LogP contribution in [0.1, 0.15) is 6.92 Å². The Morgan fingerprint density at radius 3 is 2.89 bits per heavy atom. The molecule has 0 unspecified atom stereocenters. The van der Waals surface area contributed by atoms with Crippen molar-refractivity contribution in [3.8, 4) is 0 Å². The summed E-state index contributed by atoms with van der Waals surface area (Å²) in [7, 11) is 0. The lowest BCUT2D eigenvalue weighted by atomic mass is 10.3. The Labute approximate surface area is 112 Å². The van der Waals surface area contributed by atoms with Gasteiger partial charge in [-0.05, 0) is 25.3 Å². The van der Waals surface area contributed by atoms with Crippen LogP contribution in [0.5, 0.6) is 0 Å². The van der Waals surface area contributed by atoms with Crippen molar-refractivity contribution >= 4 is 23.4 Å². The second-order valence-electron chi connectivity index (χ2n) is 3.48. The van der Waals surface area contributed by atoms with Crippen LogP contribution in [0.15, 0.2) is 29.2 Å². The van der Waals surface area contributed by atoms with Crippen molar-refractivity contribution in [1.29, 1.82) is 0 Å². The second kappa shape index (κ2) is 8.83. The zero-order chi connectivity index (χ0) is 13.2. The van der Waals surface area contributed by atoms with E-state index in [2.05, 4.69) is 11.4 Å². The maximum Gasteiger partial charge on any atom is 0.332 e. The molecule has 0 aliphatic rings. The molecule has 0 aliphatic carbocycles. The van der Waals surface area contributed by atoms with Crippen molar-refractivity contribution in [2.75, 3.05) is 37.9 Å². The molecule has 4 nitrogen and oxygen atoms in total. The van der Waals surface area contributed by atoms with Crippen LogP contribution in [0.4, 0.5) is 5.69 Å². The number of nitrogens with one attached hydrogen (secondary N) is 1. The quantitative estimate of drug-likeness (QED) is 0.446. The molecule has 0 aromatic heterocycles. The third-order valence-electron chi connectivity index (χ3n) is 2.19. The molecule has 0 amide bonds. The number of hydrogen-bond acceptors (Lipinski definition) is 5. The van der Waals surface area contributed by atoms with Crippen LogP contribution in [0, 0.1) is 0 Å². The molecule has 1 aromatic carbocycles. The summed E-state index contributed by atoms with van der Waals surface area (Å²) in [5.74, 6) is -0.318. The summed E-state index contributed by atoms with van der Waals surface area (Å²) in [6.45, 7) is 3.32. The molecule has 0 spiro atoms. The highest BCUT2D eigenvalue weighted by molar-refractivity contribution is 7.98. The van der Waals surface area contributed by atoms with Gasteiger partial charge >= 0.3 is 5.97 Å². The second-order valence-corrected chi connectivity index (χ2v) is 4.33. The average molecular weight is 269 g/mol. The molecule has 1 aromatic rings. The summed E-state index contributed by atoms with van der Waals surface area (Å²) in [6, 6.07) is 8.08. The number of para-hydroxylation sites is 1. The fourth-order valence-corrected chi connectivity index (χ4v) is 1.98. The molecule has 1 rings (SSSR count). The van der Waals surface area contributed by atoms with Crippen LogP contribution in [-0.2, 0) is 14.3 Å².